The number of anilines is 1. The minimum Gasteiger partial charge on any atom is -0.374 e. The lowest BCUT2D eigenvalue weighted by Crippen LogP contribution is -2.53. The Balaban J connectivity index is 1.93. The van der Waals surface area contributed by atoms with Gasteiger partial charge in [0.05, 0.1) is 18.8 Å². The van der Waals surface area contributed by atoms with E-state index in [4.69, 9.17) is 10.5 Å². The molecule has 1 heterocycles. The first-order valence-corrected chi connectivity index (χ1v) is 8.08. The van der Waals surface area contributed by atoms with Crippen LogP contribution in [0.5, 0.6) is 0 Å². The molecule has 3 rings (SSSR count). The van der Waals surface area contributed by atoms with Crippen molar-refractivity contribution in [3.05, 3.63) is 29.6 Å². The zero-order chi connectivity index (χ0) is 14.8. The van der Waals surface area contributed by atoms with E-state index in [9.17, 15) is 4.39 Å². The smallest absolute Gasteiger partial charge is 0.128 e. The fraction of sp³-hybridized carbons (Fsp3) is 0.647. The van der Waals surface area contributed by atoms with Gasteiger partial charge in [0.15, 0.2) is 0 Å². The van der Waals surface area contributed by atoms with Gasteiger partial charge in [0, 0.05) is 23.8 Å². The van der Waals surface area contributed by atoms with E-state index in [0.29, 0.717) is 18.6 Å². The Bertz CT molecular complexity index is 490. The SMILES string of the molecule is CC(N)Cc1c(F)cccc1N1CCOC2CCCCC21. The van der Waals surface area contributed by atoms with Crippen molar-refractivity contribution in [2.45, 2.75) is 57.2 Å². The van der Waals surface area contributed by atoms with Gasteiger partial charge in [-0.05, 0) is 38.3 Å². The monoisotopic (exact) mass is 292 g/mol. The predicted octanol–water partition coefficient (Wildman–Crippen LogP) is 2.86. The summed E-state index contributed by atoms with van der Waals surface area (Å²) < 4.78 is 20.2. The molecule has 3 atom stereocenters. The third-order valence-corrected chi connectivity index (χ3v) is 4.66. The molecule has 1 saturated heterocycles. The number of ether oxygens (including phenoxy) is 1. The van der Waals surface area contributed by atoms with Crippen LogP contribution in [0, 0.1) is 5.82 Å². The molecule has 2 N–H and O–H groups in total. The van der Waals surface area contributed by atoms with Crippen molar-refractivity contribution in [2.24, 2.45) is 5.73 Å². The van der Waals surface area contributed by atoms with E-state index < -0.39 is 0 Å². The Hall–Kier alpha value is -1.13. The second-order valence-electron chi connectivity index (χ2n) is 6.37. The highest BCUT2D eigenvalue weighted by atomic mass is 19.1. The Morgan fingerprint density at radius 3 is 3.00 bits per heavy atom. The fourth-order valence-electron chi connectivity index (χ4n) is 3.74. The van der Waals surface area contributed by atoms with Gasteiger partial charge in [0.25, 0.3) is 0 Å². The molecule has 0 aromatic heterocycles. The lowest BCUT2D eigenvalue weighted by atomic mass is 9.89. The molecule has 3 nitrogen and oxygen atoms in total. The number of fused-ring (bicyclic) bond motifs is 1. The van der Waals surface area contributed by atoms with Crippen molar-refractivity contribution in [3.8, 4) is 0 Å². The first-order chi connectivity index (χ1) is 10.2. The molecule has 0 bridgehead atoms. The highest BCUT2D eigenvalue weighted by molar-refractivity contribution is 5.56. The van der Waals surface area contributed by atoms with Crippen molar-refractivity contribution >= 4 is 5.69 Å². The Kier molecular flexibility index (Phi) is 4.45. The van der Waals surface area contributed by atoms with E-state index in [1.54, 1.807) is 6.07 Å². The summed E-state index contributed by atoms with van der Waals surface area (Å²) >= 11 is 0. The van der Waals surface area contributed by atoms with Gasteiger partial charge in [0.2, 0.25) is 0 Å². The molecule has 1 aliphatic heterocycles. The number of nitrogens with two attached hydrogens (primary N) is 1. The molecule has 0 radical (unpaired) electrons. The summed E-state index contributed by atoms with van der Waals surface area (Å²) in [5.74, 6) is -0.136. The van der Waals surface area contributed by atoms with Gasteiger partial charge in [-0.3, -0.25) is 0 Å². The van der Waals surface area contributed by atoms with Gasteiger partial charge in [0.1, 0.15) is 5.82 Å². The third-order valence-electron chi connectivity index (χ3n) is 4.66. The number of hydrogen-bond donors (Lipinski definition) is 1. The standard InChI is InChI=1S/C17H25FN2O/c1-12(19)11-13-14(18)5-4-7-15(13)20-9-10-21-17-8-3-2-6-16(17)20/h4-5,7,12,16-17H,2-3,6,8-11,19H2,1H3. The summed E-state index contributed by atoms with van der Waals surface area (Å²) in [5.41, 5.74) is 7.70. The van der Waals surface area contributed by atoms with E-state index in [-0.39, 0.29) is 11.9 Å². The highest BCUT2D eigenvalue weighted by Gasteiger charge is 2.35. The van der Waals surface area contributed by atoms with E-state index in [2.05, 4.69) is 4.90 Å². The van der Waals surface area contributed by atoms with E-state index >= 15 is 0 Å². The molecular weight excluding hydrogens is 267 g/mol. The van der Waals surface area contributed by atoms with Gasteiger partial charge in [-0.25, -0.2) is 4.39 Å². The average molecular weight is 292 g/mol. The predicted molar refractivity (Wildman–Crippen MR) is 83.1 cm³/mol. The van der Waals surface area contributed by atoms with Crippen LogP contribution >= 0.6 is 0 Å². The van der Waals surface area contributed by atoms with Crippen LogP contribution in [0.2, 0.25) is 0 Å². The third kappa shape index (κ3) is 3.06. The summed E-state index contributed by atoms with van der Waals surface area (Å²) in [6, 6.07) is 5.74. The van der Waals surface area contributed by atoms with Crippen LogP contribution < -0.4 is 10.6 Å². The summed E-state index contributed by atoms with van der Waals surface area (Å²) in [4.78, 5) is 2.37. The number of morpholine rings is 1. The largest absolute Gasteiger partial charge is 0.374 e. The number of hydrogen-bond acceptors (Lipinski definition) is 3. The lowest BCUT2D eigenvalue weighted by Gasteiger charge is -2.45. The normalized spacial score (nSPS) is 27.3. The van der Waals surface area contributed by atoms with E-state index in [0.717, 1.165) is 37.2 Å². The molecule has 1 aromatic rings. The molecule has 1 saturated carbocycles. The summed E-state index contributed by atoms with van der Waals surface area (Å²) in [6.45, 7) is 3.50. The molecule has 3 unspecified atom stereocenters. The molecule has 0 spiro atoms. The molecule has 1 aliphatic carbocycles. The topological polar surface area (TPSA) is 38.5 Å². The summed E-state index contributed by atoms with van der Waals surface area (Å²) in [7, 11) is 0. The maximum Gasteiger partial charge on any atom is 0.128 e. The Morgan fingerprint density at radius 2 is 2.19 bits per heavy atom. The van der Waals surface area contributed by atoms with Crippen LogP contribution in [-0.4, -0.2) is 31.3 Å². The Labute approximate surface area is 126 Å². The zero-order valence-corrected chi connectivity index (χ0v) is 12.7. The van der Waals surface area contributed by atoms with Crippen LogP contribution in [0.4, 0.5) is 10.1 Å². The maximum absolute atomic E-state index is 14.3. The quantitative estimate of drug-likeness (QED) is 0.931. The first-order valence-electron chi connectivity index (χ1n) is 8.08. The second-order valence-corrected chi connectivity index (χ2v) is 6.37. The van der Waals surface area contributed by atoms with Crippen molar-refractivity contribution < 1.29 is 9.13 Å². The number of nitrogens with zero attached hydrogens (tertiary/aromatic N) is 1. The van der Waals surface area contributed by atoms with Crippen LogP contribution in [0.1, 0.15) is 38.2 Å². The van der Waals surface area contributed by atoms with Gasteiger partial charge in [-0.1, -0.05) is 18.9 Å². The second kappa shape index (κ2) is 6.32. The van der Waals surface area contributed by atoms with Crippen LogP contribution in [0.3, 0.4) is 0 Å². The minimum atomic E-state index is -0.136. The van der Waals surface area contributed by atoms with Crippen LogP contribution in [0.15, 0.2) is 18.2 Å². The molecule has 116 valence electrons. The van der Waals surface area contributed by atoms with Crippen LogP contribution in [-0.2, 0) is 11.2 Å². The molecule has 4 heteroatoms. The van der Waals surface area contributed by atoms with Crippen molar-refractivity contribution in [3.63, 3.8) is 0 Å². The van der Waals surface area contributed by atoms with Gasteiger partial charge < -0.3 is 15.4 Å². The van der Waals surface area contributed by atoms with Crippen molar-refractivity contribution in [2.75, 3.05) is 18.1 Å². The molecule has 0 amide bonds. The average Bonchev–Trinajstić information content (AvgIpc) is 2.48. The molecule has 1 aromatic carbocycles. The summed E-state index contributed by atoms with van der Waals surface area (Å²) in [5, 5.41) is 0. The number of rotatable bonds is 3. The zero-order valence-electron chi connectivity index (χ0n) is 12.7. The maximum atomic E-state index is 14.3. The first kappa shape index (κ1) is 14.8. The molecular formula is C17H25FN2O. The van der Waals surface area contributed by atoms with Crippen LogP contribution in [0.25, 0.3) is 0 Å². The number of halogens is 1. The minimum absolute atomic E-state index is 0.0381. The molecule has 2 fully saturated rings. The lowest BCUT2D eigenvalue weighted by molar-refractivity contribution is -0.00876. The van der Waals surface area contributed by atoms with Crippen molar-refractivity contribution in [1.82, 2.24) is 0 Å². The van der Waals surface area contributed by atoms with Gasteiger partial charge in [-0.15, -0.1) is 0 Å². The number of benzene rings is 1. The highest BCUT2D eigenvalue weighted by Crippen LogP contribution is 2.34. The molecule has 21 heavy (non-hydrogen) atoms. The van der Waals surface area contributed by atoms with Crippen molar-refractivity contribution in [1.29, 1.82) is 0 Å². The summed E-state index contributed by atoms with van der Waals surface area (Å²) in [6.07, 6.45) is 5.62. The fourth-order valence-corrected chi connectivity index (χ4v) is 3.74. The van der Waals surface area contributed by atoms with Gasteiger partial charge >= 0.3 is 0 Å². The van der Waals surface area contributed by atoms with E-state index in [1.165, 1.54) is 12.8 Å². The van der Waals surface area contributed by atoms with Gasteiger partial charge in [-0.2, -0.15) is 0 Å². The Morgan fingerprint density at radius 1 is 1.38 bits per heavy atom. The van der Waals surface area contributed by atoms with E-state index in [1.807, 2.05) is 19.1 Å². The molecule has 2 aliphatic rings.